The van der Waals surface area contributed by atoms with Crippen LogP contribution in [0, 0.1) is 12.7 Å². The number of nitrogens with two attached hydrogens (primary N) is 1. The molecule has 0 bridgehead atoms. The van der Waals surface area contributed by atoms with Crippen LogP contribution < -0.4 is 10.0 Å². The Morgan fingerprint density at radius 2 is 1.97 bits per heavy atom. The second-order valence-corrected chi connectivity index (χ2v) is 11.0. The fourth-order valence-electron chi connectivity index (χ4n) is 3.96. The van der Waals surface area contributed by atoms with E-state index in [2.05, 4.69) is 9.97 Å². The van der Waals surface area contributed by atoms with Gasteiger partial charge in [0.25, 0.3) is 5.91 Å². The maximum Gasteiger partial charge on any atom is 0.252 e. The van der Waals surface area contributed by atoms with E-state index in [1.54, 1.807) is 23.7 Å². The van der Waals surface area contributed by atoms with Gasteiger partial charge >= 0.3 is 0 Å². The predicted octanol–water partition coefficient (Wildman–Crippen LogP) is 3.99. The number of hydrogen-bond acceptors (Lipinski definition) is 7. The zero-order chi connectivity index (χ0) is 25.3. The van der Waals surface area contributed by atoms with Crippen LogP contribution in [0.2, 0.25) is 0 Å². The quantitative estimate of drug-likeness (QED) is 0.359. The van der Waals surface area contributed by atoms with Gasteiger partial charge < -0.3 is 10.2 Å². The van der Waals surface area contributed by atoms with E-state index in [1.807, 2.05) is 13.8 Å². The normalized spacial score (nSPS) is 11.8. The van der Waals surface area contributed by atoms with E-state index in [9.17, 15) is 17.6 Å². The number of nitrogens with zero attached hydrogens (tertiary/aromatic N) is 3. The summed E-state index contributed by atoms with van der Waals surface area (Å²) in [7, 11) is -3.67. The average molecular weight is 517 g/mol. The highest BCUT2D eigenvalue weighted by Crippen LogP contribution is 2.32. The van der Waals surface area contributed by atoms with Crippen LogP contribution in [-0.4, -0.2) is 37.1 Å². The molecule has 0 saturated carbocycles. The Balaban J connectivity index is 1.80. The molecule has 11 heteroatoms. The summed E-state index contributed by atoms with van der Waals surface area (Å²) < 4.78 is 46.0. The number of anilines is 1. The molecule has 4 aromatic rings. The van der Waals surface area contributed by atoms with E-state index < -0.39 is 15.9 Å². The van der Waals surface area contributed by atoms with E-state index >= 15 is 0 Å². The smallest absolute Gasteiger partial charge is 0.252 e. The Kier molecular flexibility index (Phi) is 6.91. The molecule has 2 N–H and O–H groups in total. The second-order valence-electron chi connectivity index (χ2n) is 8.19. The Morgan fingerprint density at radius 1 is 1.26 bits per heavy atom. The van der Waals surface area contributed by atoms with Crippen molar-refractivity contribution in [2.75, 3.05) is 17.1 Å². The number of primary amides is 1. The second kappa shape index (κ2) is 9.74. The number of halogens is 1. The topological polar surface area (TPSA) is 119 Å². The Labute approximate surface area is 206 Å². The van der Waals surface area contributed by atoms with Gasteiger partial charge in [-0.15, -0.1) is 11.3 Å². The highest BCUT2D eigenvalue weighted by atomic mass is 32.2. The van der Waals surface area contributed by atoms with Gasteiger partial charge in [0, 0.05) is 24.3 Å². The van der Waals surface area contributed by atoms with Crippen LogP contribution in [-0.2, 0) is 29.3 Å². The number of rotatable bonds is 9. The van der Waals surface area contributed by atoms with Crippen LogP contribution in [0.25, 0.3) is 11.1 Å². The van der Waals surface area contributed by atoms with E-state index in [-0.39, 0.29) is 41.6 Å². The molecule has 0 spiro atoms. The SMILES string of the molecule is CCc1cc2c(C(N)=O)c(Cc3ccc(F)cc3)oc2nc1N(CCc1scnc1C)S(C)(=O)=O. The van der Waals surface area contributed by atoms with E-state index in [0.29, 0.717) is 23.8 Å². The minimum atomic E-state index is -3.67. The number of amides is 1. The van der Waals surface area contributed by atoms with Crippen LogP contribution in [0.5, 0.6) is 0 Å². The summed E-state index contributed by atoms with van der Waals surface area (Å²) in [4.78, 5) is 22.1. The number of thiazole rings is 1. The largest absolute Gasteiger partial charge is 0.441 e. The minimum absolute atomic E-state index is 0.116. The molecule has 0 radical (unpaired) electrons. The average Bonchev–Trinajstić information content (AvgIpc) is 3.36. The molecule has 8 nitrogen and oxygen atoms in total. The minimum Gasteiger partial charge on any atom is -0.441 e. The number of benzene rings is 1. The fourth-order valence-corrected chi connectivity index (χ4v) is 5.63. The number of hydrogen-bond donors (Lipinski definition) is 1. The summed E-state index contributed by atoms with van der Waals surface area (Å²) in [5.74, 6) is -0.514. The standard InChI is InChI=1S/C24H25FN4O4S2/c1-4-16-12-18-21(22(26)30)19(11-15-5-7-17(25)8-6-15)33-24(18)28-23(16)29(35(3,31)32)10-9-20-14(2)27-13-34-20/h5-8,12-13H,4,9-11H2,1-3H3,(H2,26,30). The first-order valence-electron chi connectivity index (χ1n) is 10.9. The maximum absolute atomic E-state index is 13.3. The first-order valence-corrected chi connectivity index (χ1v) is 13.7. The maximum atomic E-state index is 13.3. The van der Waals surface area contributed by atoms with E-state index in [0.717, 1.165) is 22.4 Å². The van der Waals surface area contributed by atoms with Crippen LogP contribution in [0.15, 0.2) is 40.3 Å². The van der Waals surface area contributed by atoms with Gasteiger partial charge in [-0.25, -0.2) is 17.8 Å². The van der Waals surface area contributed by atoms with Gasteiger partial charge in [-0.1, -0.05) is 19.1 Å². The molecule has 1 amide bonds. The van der Waals surface area contributed by atoms with Gasteiger partial charge in [-0.3, -0.25) is 9.10 Å². The van der Waals surface area contributed by atoms with Gasteiger partial charge in [0.15, 0.2) is 0 Å². The predicted molar refractivity (Wildman–Crippen MR) is 134 cm³/mol. The lowest BCUT2D eigenvalue weighted by molar-refractivity contribution is 0.1000. The zero-order valence-electron chi connectivity index (χ0n) is 19.5. The Morgan fingerprint density at radius 3 is 2.54 bits per heavy atom. The highest BCUT2D eigenvalue weighted by Gasteiger charge is 2.27. The van der Waals surface area contributed by atoms with Crippen molar-refractivity contribution in [2.24, 2.45) is 5.73 Å². The first kappa shape index (κ1) is 24.8. The van der Waals surface area contributed by atoms with Crippen molar-refractivity contribution < 1.29 is 22.0 Å². The Hall–Kier alpha value is -3.31. The number of aromatic nitrogens is 2. The van der Waals surface area contributed by atoms with Crippen LogP contribution >= 0.6 is 11.3 Å². The molecule has 0 atom stereocenters. The van der Waals surface area contributed by atoms with Crippen molar-refractivity contribution in [1.82, 2.24) is 9.97 Å². The zero-order valence-corrected chi connectivity index (χ0v) is 21.2. The van der Waals surface area contributed by atoms with Crippen molar-refractivity contribution in [1.29, 1.82) is 0 Å². The summed E-state index contributed by atoms with van der Waals surface area (Å²) in [6.07, 6.45) is 2.29. The number of pyridine rings is 1. The van der Waals surface area contributed by atoms with Gasteiger partial charge in [0.1, 0.15) is 17.4 Å². The van der Waals surface area contributed by atoms with Crippen molar-refractivity contribution >= 4 is 44.2 Å². The molecule has 4 rings (SSSR count). The monoisotopic (exact) mass is 516 g/mol. The highest BCUT2D eigenvalue weighted by molar-refractivity contribution is 7.92. The molecular formula is C24H25FN4O4S2. The molecule has 0 aliphatic rings. The van der Waals surface area contributed by atoms with Crippen molar-refractivity contribution in [3.05, 3.63) is 74.7 Å². The number of carbonyl (C=O) groups is 1. The number of fused-ring (bicyclic) bond motifs is 1. The van der Waals surface area contributed by atoms with Gasteiger partial charge in [0.05, 0.1) is 28.4 Å². The molecule has 0 fully saturated rings. The van der Waals surface area contributed by atoms with Crippen LogP contribution in [0.3, 0.4) is 0 Å². The molecule has 184 valence electrons. The molecule has 0 aliphatic carbocycles. The van der Waals surface area contributed by atoms with Crippen LogP contribution in [0.4, 0.5) is 10.2 Å². The van der Waals surface area contributed by atoms with Gasteiger partial charge in [-0.2, -0.15) is 4.98 Å². The number of carbonyl (C=O) groups excluding carboxylic acids is 1. The number of sulfonamides is 1. The molecule has 1 aromatic carbocycles. The summed E-state index contributed by atoms with van der Waals surface area (Å²) in [6, 6.07) is 7.54. The molecule has 0 saturated heterocycles. The lowest BCUT2D eigenvalue weighted by atomic mass is 10.0. The first-order chi connectivity index (χ1) is 16.6. The fraction of sp³-hybridized carbons (Fsp3) is 0.292. The lowest BCUT2D eigenvalue weighted by Crippen LogP contribution is -2.33. The molecule has 3 heterocycles. The van der Waals surface area contributed by atoms with Crippen LogP contribution in [0.1, 0.15) is 44.7 Å². The molecular weight excluding hydrogens is 491 g/mol. The Bertz CT molecular complexity index is 1490. The number of furan rings is 1. The molecule has 0 unspecified atom stereocenters. The summed E-state index contributed by atoms with van der Waals surface area (Å²) in [5, 5.41) is 0.418. The number of aryl methyl sites for hydroxylation is 2. The van der Waals surface area contributed by atoms with Gasteiger partial charge in [0.2, 0.25) is 15.7 Å². The van der Waals surface area contributed by atoms with E-state index in [4.69, 9.17) is 10.2 Å². The molecule has 3 aromatic heterocycles. The third-order valence-corrected chi connectivity index (χ3v) is 7.89. The lowest BCUT2D eigenvalue weighted by Gasteiger charge is -2.23. The third kappa shape index (κ3) is 5.20. The summed E-state index contributed by atoms with van der Waals surface area (Å²) >= 11 is 1.47. The molecule has 35 heavy (non-hydrogen) atoms. The van der Waals surface area contributed by atoms with Crippen molar-refractivity contribution in [3.63, 3.8) is 0 Å². The van der Waals surface area contributed by atoms with Gasteiger partial charge in [-0.05, 0) is 42.7 Å². The van der Waals surface area contributed by atoms with Crippen molar-refractivity contribution in [3.8, 4) is 0 Å². The van der Waals surface area contributed by atoms with E-state index in [1.165, 1.54) is 27.8 Å². The summed E-state index contributed by atoms with van der Waals surface area (Å²) in [6.45, 7) is 3.94. The van der Waals surface area contributed by atoms with Crippen molar-refractivity contribution in [2.45, 2.75) is 33.1 Å². The molecule has 0 aliphatic heterocycles. The summed E-state index contributed by atoms with van der Waals surface area (Å²) in [5.41, 5.74) is 9.94. The third-order valence-electron chi connectivity index (χ3n) is 5.74.